The first-order chi connectivity index (χ1) is 7.50. The van der Waals surface area contributed by atoms with E-state index in [2.05, 4.69) is 4.98 Å². The SMILES string of the molecule is Cc1c(F)ccc2c(=O)cc(C(C)C)[nH]c12. The monoisotopic (exact) mass is 219 g/mol. The summed E-state index contributed by atoms with van der Waals surface area (Å²) in [5, 5.41) is 0.545. The Morgan fingerprint density at radius 2 is 2.00 bits per heavy atom. The summed E-state index contributed by atoms with van der Waals surface area (Å²) in [4.78, 5) is 15.0. The van der Waals surface area contributed by atoms with Gasteiger partial charge in [0.05, 0.1) is 5.52 Å². The van der Waals surface area contributed by atoms with Crippen LogP contribution in [0.25, 0.3) is 10.9 Å². The van der Waals surface area contributed by atoms with E-state index in [1.165, 1.54) is 12.1 Å². The molecule has 1 aromatic carbocycles. The molecule has 2 aromatic rings. The lowest BCUT2D eigenvalue weighted by molar-refractivity contribution is 0.620. The number of benzene rings is 1. The molecule has 0 bridgehead atoms. The third kappa shape index (κ3) is 1.62. The lowest BCUT2D eigenvalue weighted by Crippen LogP contribution is -2.07. The minimum atomic E-state index is -0.288. The number of aryl methyl sites for hydroxylation is 1. The highest BCUT2D eigenvalue weighted by Crippen LogP contribution is 2.19. The van der Waals surface area contributed by atoms with Gasteiger partial charge >= 0.3 is 0 Å². The molecule has 1 heterocycles. The molecule has 0 unspecified atom stereocenters. The van der Waals surface area contributed by atoms with E-state index in [4.69, 9.17) is 0 Å². The first-order valence-corrected chi connectivity index (χ1v) is 5.32. The fourth-order valence-corrected chi connectivity index (χ4v) is 1.76. The van der Waals surface area contributed by atoms with Crippen LogP contribution in [-0.4, -0.2) is 4.98 Å². The van der Waals surface area contributed by atoms with Gasteiger partial charge in [0.15, 0.2) is 5.43 Å². The Balaban J connectivity index is 2.89. The zero-order chi connectivity index (χ0) is 11.9. The summed E-state index contributed by atoms with van der Waals surface area (Å²) in [5.74, 6) is -0.0659. The summed E-state index contributed by atoms with van der Waals surface area (Å²) >= 11 is 0. The van der Waals surface area contributed by atoms with Crippen molar-refractivity contribution in [1.29, 1.82) is 0 Å². The molecule has 1 aromatic heterocycles. The van der Waals surface area contributed by atoms with Crippen LogP contribution in [0.5, 0.6) is 0 Å². The number of H-pyrrole nitrogens is 1. The summed E-state index contributed by atoms with van der Waals surface area (Å²) in [5.41, 5.74) is 1.89. The van der Waals surface area contributed by atoms with E-state index in [9.17, 15) is 9.18 Å². The topological polar surface area (TPSA) is 32.9 Å². The van der Waals surface area contributed by atoms with E-state index in [1.807, 2.05) is 13.8 Å². The number of hydrogen-bond donors (Lipinski definition) is 1. The average Bonchev–Trinajstić information content (AvgIpc) is 2.23. The molecule has 84 valence electrons. The van der Waals surface area contributed by atoms with Crippen LogP contribution in [0, 0.1) is 12.7 Å². The van der Waals surface area contributed by atoms with Crippen molar-refractivity contribution in [3.8, 4) is 0 Å². The molecule has 0 aliphatic carbocycles. The average molecular weight is 219 g/mol. The van der Waals surface area contributed by atoms with E-state index in [0.29, 0.717) is 16.5 Å². The molecule has 0 spiro atoms. The van der Waals surface area contributed by atoms with E-state index in [1.54, 1.807) is 13.0 Å². The van der Waals surface area contributed by atoms with Crippen LogP contribution in [0.15, 0.2) is 23.0 Å². The lowest BCUT2D eigenvalue weighted by Gasteiger charge is -2.09. The molecule has 2 nitrogen and oxygen atoms in total. The highest BCUT2D eigenvalue weighted by atomic mass is 19.1. The molecular formula is C13H14FNO. The first-order valence-electron chi connectivity index (χ1n) is 5.32. The van der Waals surface area contributed by atoms with Gasteiger partial charge in [-0.05, 0) is 25.0 Å². The normalized spacial score (nSPS) is 11.3. The number of aromatic amines is 1. The second-order valence-corrected chi connectivity index (χ2v) is 4.34. The molecule has 3 heteroatoms. The molecule has 0 saturated carbocycles. The zero-order valence-electron chi connectivity index (χ0n) is 9.60. The van der Waals surface area contributed by atoms with Crippen molar-refractivity contribution < 1.29 is 4.39 Å². The zero-order valence-corrected chi connectivity index (χ0v) is 9.60. The van der Waals surface area contributed by atoms with Gasteiger partial charge in [0.2, 0.25) is 0 Å². The molecule has 0 radical (unpaired) electrons. The van der Waals surface area contributed by atoms with Gasteiger partial charge in [-0.2, -0.15) is 0 Å². The number of rotatable bonds is 1. The van der Waals surface area contributed by atoms with E-state index >= 15 is 0 Å². The Labute approximate surface area is 93.1 Å². The molecule has 0 fully saturated rings. The number of hydrogen-bond acceptors (Lipinski definition) is 1. The highest BCUT2D eigenvalue weighted by Gasteiger charge is 2.09. The van der Waals surface area contributed by atoms with Gasteiger partial charge in [-0.25, -0.2) is 4.39 Å². The van der Waals surface area contributed by atoms with Crippen molar-refractivity contribution in [2.45, 2.75) is 26.7 Å². The fraction of sp³-hybridized carbons (Fsp3) is 0.308. The molecule has 0 aliphatic rings. The van der Waals surface area contributed by atoms with Crippen LogP contribution >= 0.6 is 0 Å². The number of fused-ring (bicyclic) bond motifs is 1. The summed E-state index contributed by atoms with van der Waals surface area (Å²) < 4.78 is 13.4. The maximum Gasteiger partial charge on any atom is 0.189 e. The Hall–Kier alpha value is -1.64. The minimum Gasteiger partial charge on any atom is -0.358 e. The Morgan fingerprint density at radius 1 is 1.31 bits per heavy atom. The summed E-state index contributed by atoms with van der Waals surface area (Å²) in [7, 11) is 0. The number of aromatic nitrogens is 1. The third-order valence-corrected chi connectivity index (χ3v) is 2.84. The molecule has 0 aliphatic heterocycles. The van der Waals surface area contributed by atoms with Crippen LogP contribution in [0.3, 0.4) is 0 Å². The summed E-state index contributed by atoms with van der Waals surface area (Å²) in [6.45, 7) is 5.66. The van der Waals surface area contributed by atoms with Gasteiger partial charge in [0, 0.05) is 22.7 Å². The Bertz CT molecular complexity index is 599. The van der Waals surface area contributed by atoms with Gasteiger partial charge in [-0.1, -0.05) is 13.8 Å². The van der Waals surface area contributed by atoms with Crippen LogP contribution in [0.4, 0.5) is 4.39 Å². The maximum atomic E-state index is 13.4. The number of nitrogens with one attached hydrogen (secondary N) is 1. The van der Waals surface area contributed by atoms with Crippen molar-refractivity contribution in [3.63, 3.8) is 0 Å². The first kappa shape index (κ1) is 10.9. The van der Waals surface area contributed by atoms with E-state index in [-0.39, 0.29) is 17.2 Å². The van der Waals surface area contributed by atoms with E-state index < -0.39 is 0 Å². The lowest BCUT2D eigenvalue weighted by atomic mass is 10.1. The quantitative estimate of drug-likeness (QED) is 0.785. The van der Waals surface area contributed by atoms with Crippen molar-refractivity contribution in [1.82, 2.24) is 4.98 Å². The molecule has 2 rings (SSSR count). The second-order valence-electron chi connectivity index (χ2n) is 4.34. The van der Waals surface area contributed by atoms with Crippen LogP contribution in [0.1, 0.15) is 31.0 Å². The molecule has 0 amide bonds. The smallest absolute Gasteiger partial charge is 0.189 e. The van der Waals surface area contributed by atoms with E-state index in [0.717, 1.165) is 5.69 Å². The van der Waals surface area contributed by atoms with Crippen LogP contribution in [-0.2, 0) is 0 Å². The van der Waals surface area contributed by atoms with Gasteiger partial charge in [-0.15, -0.1) is 0 Å². The Kier molecular flexibility index (Phi) is 2.54. The van der Waals surface area contributed by atoms with Crippen molar-refractivity contribution in [2.24, 2.45) is 0 Å². The van der Waals surface area contributed by atoms with Gasteiger partial charge in [0.1, 0.15) is 5.82 Å². The predicted octanol–water partition coefficient (Wildman–Crippen LogP) is 3.10. The molecule has 1 N–H and O–H groups in total. The van der Waals surface area contributed by atoms with Gasteiger partial charge in [-0.3, -0.25) is 4.79 Å². The van der Waals surface area contributed by atoms with Crippen molar-refractivity contribution >= 4 is 10.9 Å². The Morgan fingerprint density at radius 3 is 2.62 bits per heavy atom. The van der Waals surface area contributed by atoms with Crippen LogP contribution in [0.2, 0.25) is 0 Å². The van der Waals surface area contributed by atoms with Crippen molar-refractivity contribution in [3.05, 3.63) is 45.5 Å². The number of pyridine rings is 1. The molecule has 0 saturated heterocycles. The predicted molar refractivity (Wildman–Crippen MR) is 63.4 cm³/mol. The maximum absolute atomic E-state index is 13.4. The standard InChI is InChI=1S/C13H14FNO/c1-7(2)11-6-12(16)9-4-5-10(14)8(3)13(9)15-11/h4-7H,1-3H3,(H,15,16). The van der Waals surface area contributed by atoms with Crippen LogP contribution < -0.4 is 5.43 Å². The van der Waals surface area contributed by atoms with Gasteiger partial charge in [0.25, 0.3) is 0 Å². The van der Waals surface area contributed by atoms with Crippen molar-refractivity contribution in [2.75, 3.05) is 0 Å². The summed E-state index contributed by atoms with van der Waals surface area (Å²) in [6.07, 6.45) is 0. The highest BCUT2D eigenvalue weighted by molar-refractivity contribution is 5.81. The fourth-order valence-electron chi connectivity index (χ4n) is 1.76. The van der Waals surface area contributed by atoms with Gasteiger partial charge < -0.3 is 4.98 Å². The third-order valence-electron chi connectivity index (χ3n) is 2.84. The molecule has 0 atom stereocenters. The molecular weight excluding hydrogens is 205 g/mol. The second kappa shape index (κ2) is 3.74. The largest absolute Gasteiger partial charge is 0.358 e. The minimum absolute atomic E-state index is 0.0550. The summed E-state index contributed by atoms with van der Waals surface area (Å²) in [6, 6.07) is 4.45. The molecule has 16 heavy (non-hydrogen) atoms. The number of halogens is 1.